The predicted molar refractivity (Wildman–Crippen MR) is 110 cm³/mol. The molecule has 0 aliphatic rings. The van der Waals surface area contributed by atoms with Crippen molar-refractivity contribution < 1.29 is 9.59 Å². The van der Waals surface area contributed by atoms with Gasteiger partial charge in [-0.15, -0.1) is 0 Å². The van der Waals surface area contributed by atoms with Crippen LogP contribution in [-0.4, -0.2) is 33.9 Å². The van der Waals surface area contributed by atoms with E-state index in [0.717, 1.165) is 5.56 Å². The van der Waals surface area contributed by atoms with Gasteiger partial charge in [0.05, 0.1) is 5.54 Å². The molecule has 0 aliphatic heterocycles. The summed E-state index contributed by atoms with van der Waals surface area (Å²) in [5.74, 6) is -0.580. The Hall–Kier alpha value is -2.04. The number of hydrogen-bond acceptors (Lipinski definition) is 2. The minimum absolute atomic E-state index is 0.242. The molecule has 0 aromatic heterocycles. The fourth-order valence-corrected chi connectivity index (χ4v) is 3.32. The normalized spacial score (nSPS) is 11.2. The first-order chi connectivity index (χ1) is 12.5. The number of rotatable bonds is 3. The summed E-state index contributed by atoms with van der Waals surface area (Å²) in [4.78, 5) is 26.4. The number of hydrogen-bond donors (Lipinski definition) is 0. The second kappa shape index (κ2) is 8.32. The molecule has 0 spiro atoms. The number of aryl methyl sites for hydroxylation is 1. The van der Waals surface area contributed by atoms with Gasteiger partial charge in [-0.3, -0.25) is 9.59 Å². The molecule has 0 unspecified atom stereocenters. The van der Waals surface area contributed by atoms with Crippen molar-refractivity contribution in [3.05, 3.63) is 69.2 Å². The third-order valence-corrected chi connectivity index (χ3v) is 4.45. The number of carbonyl (C=O) groups is 2. The highest BCUT2D eigenvalue weighted by Gasteiger charge is 2.35. The summed E-state index contributed by atoms with van der Waals surface area (Å²) in [6.45, 7) is 9.76. The van der Waals surface area contributed by atoms with E-state index in [0.29, 0.717) is 27.7 Å². The molecule has 0 atom stereocenters. The molecule has 0 N–H and O–H groups in total. The van der Waals surface area contributed by atoms with Gasteiger partial charge in [0.2, 0.25) is 0 Å². The van der Waals surface area contributed by atoms with E-state index in [9.17, 15) is 9.59 Å². The molecule has 6 heteroatoms. The summed E-state index contributed by atoms with van der Waals surface area (Å²) in [6.07, 6.45) is 0. The van der Waals surface area contributed by atoms with Crippen molar-refractivity contribution in [1.82, 2.24) is 10.0 Å². The smallest absolute Gasteiger partial charge is 0.267 e. The van der Waals surface area contributed by atoms with Gasteiger partial charge in [-0.1, -0.05) is 40.9 Å². The molecule has 0 heterocycles. The van der Waals surface area contributed by atoms with Crippen molar-refractivity contribution in [3.63, 3.8) is 0 Å². The zero-order valence-corrected chi connectivity index (χ0v) is 17.7. The van der Waals surface area contributed by atoms with Crippen molar-refractivity contribution in [3.8, 4) is 0 Å². The topological polar surface area (TPSA) is 40.6 Å². The first kappa shape index (κ1) is 21.3. The second-order valence-corrected chi connectivity index (χ2v) is 8.21. The molecule has 4 nitrogen and oxygen atoms in total. The lowest BCUT2D eigenvalue weighted by molar-refractivity contribution is -0.0410. The fourth-order valence-electron chi connectivity index (χ4n) is 2.80. The lowest BCUT2D eigenvalue weighted by atomic mass is 10.1. The van der Waals surface area contributed by atoms with Gasteiger partial charge in [0, 0.05) is 27.7 Å². The number of halogens is 2. The van der Waals surface area contributed by atoms with E-state index in [1.807, 2.05) is 46.8 Å². The Kier molecular flexibility index (Phi) is 6.55. The number of benzene rings is 2. The zero-order valence-electron chi connectivity index (χ0n) is 16.2. The van der Waals surface area contributed by atoms with Crippen LogP contribution in [-0.2, 0) is 0 Å². The second-order valence-electron chi connectivity index (χ2n) is 7.33. The third-order valence-electron chi connectivity index (χ3n) is 4.01. The molecule has 144 valence electrons. The van der Waals surface area contributed by atoms with Crippen molar-refractivity contribution in [2.75, 3.05) is 6.54 Å². The number of carbonyl (C=O) groups excluding carboxylic acids is 2. The van der Waals surface area contributed by atoms with Crippen LogP contribution in [0.2, 0.25) is 10.0 Å². The first-order valence-corrected chi connectivity index (χ1v) is 9.49. The molecule has 27 heavy (non-hydrogen) atoms. The highest BCUT2D eigenvalue weighted by Crippen LogP contribution is 2.25. The van der Waals surface area contributed by atoms with Gasteiger partial charge in [-0.25, -0.2) is 10.0 Å². The Labute approximate surface area is 170 Å². The molecule has 2 amide bonds. The van der Waals surface area contributed by atoms with Crippen LogP contribution in [0.1, 0.15) is 54.0 Å². The molecule has 0 saturated carbocycles. The van der Waals surface area contributed by atoms with Crippen LogP contribution in [0.25, 0.3) is 0 Å². The lowest BCUT2D eigenvalue weighted by Crippen LogP contribution is -2.58. The van der Waals surface area contributed by atoms with Crippen LogP contribution < -0.4 is 0 Å². The quantitative estimate of drug-likeness (QED) is 0.620. The minimum atomic E-state index is -0.637. The highest BCUT2D eigenvalue weighted by atomic mass is 35.5. The summed E-state index contributed by atoms with van der Waals surface area (Å²) in [5, 5.41) is 3.67. The molecule has 2 aromatic rings. The predicted octanol–water partition coefficient (Wildman–Crippen LogP) is 5.62. The Morgan fingerprint density at radius 3 is 1.85 bits per heavy atom. The molecule has 0 bridgehead atoms. The number of nitrogens with zero attached hydrogens (tertiary/aromatic N) is 2. The van der Waals surface area contributed by atoms with E-state index in [1.54, 1.807) is 30.3 Å². The van der Waals surface area contributed by atoms with Crippen molar-refractivity contribution in [1.29, 1.82) is 0 Å². The Morgan fingerprint density at radius 2 is 1.41 bits per heavy atom. The van der Waals surface area contributed by atoms with Crippen molar-refractivity contribution in [2.45, 2.75) is 40.2 Å². The number of amides is 2. The summed E-state index contributed by atoms with van der Waals surface area (Å²) in [6, 6.07) is 12.0. The highest BCUT2D eigenvalue weighted by molar-refractivity contribution is 6.35. The maximum atomic E-state index is 13.3. The average molecular weight is 407 g/mol. The van der Waals surface area contributed by atoms with Crippen LogP contribution in [0, 0.1) is 6.92 Å². The van der Waals surface area contributed by atoms with Crippen LogP contribution in [0.4, 0.5) is 0 Å². The molecular weight excluding hydrogens is 383 g/mol. The van der Waals surface area contributed by atoms with Gasteiger partial charge >= 0.3 is 0 Å². The SMILES string of the molecule is CCN(C(=O)c1ccc(C)cc1)N(C(=O)c1cc(Cl)cc(Cl)c1)C(C)(C)C. The third kappa shape index (κ3) is 5.02. The molecule has 0 fully saturated rings. The van der Waals surface area contributed by atoms with E-state index < -0.39 is 5.54 Å². The van der Waals surface area contributed by atoms with Crippen LogP contribution in [0.3, 0.4) is 0 Å². The first-order valence-electron chi connectivity index (χ1n) is 8.73. The van der Waals surface area contributed by atoms with Gasteiger partial charge in [0.15, 0.2) is 0 Å². The van der Waals surface area contributed by atoms with Gasteiger partial charge < -0.3 is 0 Å². The molecule has 2 rings (SSSR count). The fraction of sp³-hybridized carbons (Fsp3) is 0.333. The molecule has 0 aliphatic carbocycles. The lowest BCUT2D eigenvalue weighted by Gasteiger charge is -2.43. The Morgan fingerprint density at radius 1 is 0.889 bits per heavy atom. The standard InChI is InChI=1S/C21H24Cl2N2O2/c1-6-24(19(26)15-9-7-14(2)8-10-15)25(21(3,4)5)20(27)16-11-17(22)13-18(23)12-16/h7-13H,6H2,1-5H3. The summed E-state index contributed by atoms with van der Waals surface area (Å²) < 4.78 is 0. The summed E-state index contributed by atoms with van der Waals surface area (Å²) >= 11 is 12.1. The monoisotopic (exact) mass is 406 g/mol. The summed E-state index contributed by atoms with van der Waals surface area (Å²) in [7, 11) is 0. The van der Waals surface area contributed by atoms with Gasteiger partial charge in [0.25, 0.3) is 11.8 Å². The van der Waals surface area contributed by atoms with Crippen molar-refractivity contribution >= 4 is 35.0 Å². The maximum Gasteiger partial charge on any atom is 0.273 e. The van der Waals surface area contributed by atoms with Crippen LogP contribution in [0.5, 0.6) is 0 Å². The number of hydrazine groups is 1. The van der Waals surface area contributed by atoms with Gasteiger partial charge in [-0.2, -0.15) is 0 Å². The Bertz CT molecular complexity index is 822. The molecular formula is C21H24Cl2N2O2. The minimum Gasteiger partial charge on any atom is -0.267 e. The molecule has 0 saturated heterocycles. The van der Waals surface area contributed by atoms with E-state index in [2.05, 4.69) is 0 Å². The van der Waals surface area contributed by atoms with E-state index >= 15 is 0 Å². The summed E-state index contributed by atoms with van der Waals surface area (Å²) in [5.41, 5.74) is 1.28. The van der Waals surface area contributed by atoms with Gasteiger partial charge in [-0.05, 0) is 65.0 Å². The average Bonchev–Trinajstić information content (AvgIpc) is 2.57. The largest absolute Gasteiger partial charge is 0.273 e. The zero-order chi connectivity index (χ0) is 20.4. The van der Waals surface area contributed by atoms with Crippen molar-refractivity contribution in [2.24, 2.45) is 0 Å². The maximum absolute atomic E-state index is 13.3. The van der Waals surface area contributed by atoms with Crippen LogP contribution in [0.15, 0.2) is 42.5 Å². The molecule has 2 aromatic carbocycles. The van der Waals surface area contributed by atoms with Crippen LogP contribution >= 0.6 is 23.2 Å². The van der Waals surface area contributed by atoms with Gasteiger partial charge in [0.1, 0.15) is 0 Å². The molecule has 0 radical (unpaired) electrons. The van der Waals surface area contributed by atoms with E-state index in [-0.39, 0.29) is 11.8 Å². The Balaban J connectivity index is 2.48. The van der Waals surface area contributed by atoms with E-state index in [1.165, 1.54) is 10.0 Å². The van der Waals surface area contributed by atoms with E-state index in [4.69, 9.17) is 23.2 Å².